The number of benzene rings is 2. The van der Waals surface area contributed by atoms with Crippen molar-refractivity contribution >= 4 is 102 Å². The van der Waals surface area contributed by atoms with Crippen LogP contribution in [0.1, 0.15) is 127 Å². The maximum atomic E-state index is 14.2. The van der Waals surface area contributed by atoms with Gasteiger partial charge in [-0.05, 0) is 65.6 Å². The summed E-state index contributed by atoms with van der Waals surface area (Å²) in [6, 6.07) is -1.42. The highest BCUT2D eigenvalue weighted by Gasteiger charge is 2.50. The third-order valence-electron chi connectivity index (χ3n) is 14.8. The molecule has 89 heavy (non-hydrogen) atoms. The van der Waals surface area contributed by atoms with Crippen LogP contribution in [0.2, 0.25) is 0 Å². The molecule has 1 fully saturated rings. The van der Waals surface area contributed by atoms with Gasteiger partial charge in [0.05, 0.1) is 85.3 Å². The maximum absolute atomic E-state index is 14.2. The van der Waals surface area contributed by atoms with Gasteiger partial charge in [0.15, 0.2) is 17.9 Å². The summed E-state index contributed by atoms with van der Waals surface area (Å²) in [5, 5.41) is 81.6. The molecule has 1 heterocycles. The Kier molecular flexibility index (Phi) is 28.5. The van der Waals surface area contributed by atoms with E-state index < -0.39 is 177 Å². The Labute approximate surface area is 525 Å². The number of thioether (sulfide) groups is 1. The van der Waals surface area contributed by atoms with Gasteiger partial charge < -0.3 is 82.3 Å². The molecule has 0 saturated carbocycles. The minimum atomic E-state index is -4.25. The average Bonchev–Trinajstić information content (AvgIpc) is 0.725. The summed E-state index contributed by atoms with van der Waals surface area (Å²) in [7, 11) is 0.563. The number of rotatable bonds is 36. The van der Waals surface area contributed by atoms with Crippen LogP contribution in [-0.2, 0) is 64.3 Å². The number of phenolic OH excluding ortho intramolecular Hbond substituents is 2. The third-order valence-corrected chi connectivity index (χ3v) is 19.0. The van der Waals surface area contributed by atoms with Crippen LogP contribution >= 0.6 is 33.3 Å². The number of hydrogen-bond acceptors (Lipinski definition) is 27. The van der Waals surface area contributed by atoms with Crippen molar-refractivity contribution in [1.29, 1.82) is 0 Å². The summed E-state index contributed by atoms with van der Waals surface area (Å²) in [6.45, 7) is 1.73. The first-order valence-electron chi connectivity index (χ1n) is 28.3. The molecule has 2 aliphatic carbocycles. The van der Waals surface area contributed by atoms with E-state index >= 15 is 0 Å². The molecule has 16 N–H and O–H groups in total. The molecule has 3 aliphatic rings. The molecule has 10 atom stereocenters. The van der Waals surface area contributed by atoms with Crippen LogP contribution in [0, 0.1) is 0 Å². The molecule has 0 spiro atoms. The van der Waals surface area contributed by atoms with E-state index in [0.29, 0.717) is 12.8 Å². The number of amides is 4. The third kappa shape index (κ3) is 20.5. The SMILES string of the molecule is CNC(CCC(=O)O)C(=O)NC(CCCCN)C(=O)NC(CSSCCC(=O)N/N=C(/CO)[C@]1(O)Cc2c(O)c3c(c(O)c2[C@@H](OC2C[C@H](N)C(O)[C@H](C)O2)C1)C(=O)c1c(OC)cccc1C3=O)C(=O)NC(CSCCC(=O)OCCCS(=O)(=O)O)C(C)=O. The van der Waals surface area contributed by atoms with Gasteiger partial charge in [0.1, 0.15) is 34.9 Å². The number of methoxy groups -OCH3 is 1. The number of aliphatic hydroxyl groups is 3. The van der Waals surface area contributed by atoms with Crippen molar-refractivity contribution in [2.75, 3.05) is 62.7 Å². The first-order chi connectivity index (χ1) is 42.1. The molecule has 0 radical (unpaired) electrons. The number of carbonyl (C=O) groups excluding carboxylic acids is 8. The van der Waals surface area contributed by atoms with Crippen LogP contribution in [0.3, 0.4) is 0 Å². The Hall–Kier alpha value is -6.02. The van der Waals surface area contributed by atoms with Gasteiger partial charge in [-0.25, -0.2) is 5.43 Å². The van der Waals surface area contributed by atoms with E-state index in [2.05, 4.69) is 31.8 Å². The lowest BCUT2D eigenvalue weighted by Gasteiger charge is -2.43. The number of carbonyl (C=O) groups is 9. The highest BCUT2D eigenvalue weighted by Crippen LogP contribution is 2.53. The lowest BCUT2D eigenvalue weighted by atomic mass is 9.71. The zero-order chi connectivity index (χ0) is 65.9. The number of fused-ring (bicyclic) bond motifs is 3. The number of carboxylic acids is 1. The number of nitrogens with one attached hydrogen (secondary N) is 5. The highest BCUT2D eigenvalue weighted by atomic mass is 33.1. The summed E-state index contributed by atoms with van der Waals surface area (Å²) in [4.78, 5) is 119. The average molecular weight is 1330 g/mol. The number of ketones is 3. The number of phenols is 2. The Morgan fingerprint density at radius 3 is 2.19 bits per heavy atom. The van der Waals surface area contributed by atoms with Crippen molar-refractivity contribution in [3.8, 4) is 17.2 Å². The van der Waals surface area contributed by atoms with Crippen molar-refractivity contribution in [2.24, 2.45) is 16.6 Å². The van der Waals surface area contributed by atoms with E-state index in [4.69, 9.17) is 35.0 Å². The number of Topliss-reactive ketones (excluding diaryl/α,β-unsaturated/α-hetero) is 1. The number of hydrogen-bond donors (Lipinski definition) is 14. The Balaban J connectivity index is 1.32. The number of aromatic hydroxyl groups is 2. The standard InChI is InChI=1S/C55H78N8O22S4/c1-27(65)34(25-86-18-15-41(69)83-17-8-20-89(79,80)81)60-54(77)35(61-53(76)33(10-5-6-16-56)59-52(75)32(58-3)12-13-40(67)68)26-88-87-19-14-39(66)63-62-38(24-64)55(78)22-30-44(37(23-55)85-42-21-31(57)47(70)28(2)84-42)51(74)46-45(49(30)72)48(71)29-9-7-11-36(82-4)43(29)50(46)73/h7,9,11,28,31-35,37,42,47,58,64,70,72,74,78H,5-6,8,10,12-26,56-57H2,1-4H3,(H,59,75)(H,60,77)(H,61,76)(H,63,66)(H,67,68)(H,79,80,81)/b62-38-/t28-,31-,32?,33?,34?,35?,37-,42?,47?,55-/m0/s1. The number of unbranched alkanes of at least 4 members (excludes halogenated alkanes) is 1. The topological polar surface area (TPSA) is 491 Å². The quantitative estimate of drug-likeness (QED) is 0.00647. The van der Waals surface area contributed by atoms with Crippen LogP contribution in [0.4, 0.5) is 0 Å². The van der Waals surface area contributed by atoms with Gasteiger partial charge >= 0.3 is 11.9 Å². The van der Waals surface area contributed by atoms with Crippen molar-refractivity contribution in [2.45, 2.75) is 145 Å². The first kappa shape index (κ1) is 73.7. The number of hydrazone groups is 1. The number of nitrogens with two attached hydrogens (primary N) is 2. The molecule has 0 aromatic heterocycles. The minimum absolute atomic E-state index is 0.0160. The zero-order valence-corrected chi connectivity index (χ0v) is 52.6. The molecule has 2 aromatic rings. The van der Waals surface area contributed by atoms with E-state index in [9.17, 15) is 82.2 Å². The second-order valence-corrected chi connectivity index (χ2v) is 26.6. The Bertz CT molecular complexity index is 3060. The first-order valence-corrected chi connectivity index (χ1v) is 33.6. The lowest BCUT2D eigenvalue weighted by Crippen LogP contribution is -2.58. The molecule has 30 nitrogen and oxygen atoms in total. The summed E-state index contributed by atoms with van der Waals surface area (Å²) in [5.41, 5.74) is 9.47. The van der Waals surface area contributed by atoms with Gasteiger partial charge in [0.2, 0.25) is 29.4 Å². The fraction of sp³-hybridized carbons (Fsp3) is 0.600. The minimum Gasteiger partial charge on any atom is -0.507 e. The summed E-state index contributed by atoms with van der Waals surface area (Å²) in [5.74, 6) is -9.35. The molecule has 2 aromatic carbocycles. The summed E-state index contributed by atoms with van der Waals surface area (Å²) < 4.78 is 53.3. The number of likely N-dealkylation sites (N-methyl/N-ethyl adjacent to an activating group) is 1. The molecule has 5 rings (SSSR count). The van der Waals surface area contributed by atoms with Crippen LogP contribution in [-0.4, -0.2) is 219 Å². The lowest BCUT2D eigenvalue weighted by molar-refractivity contribution is -0.245. The second-order valence-electron chi connectivity index (χ2n) is 21.2. The van der Waals surface area contributed by atoms with E-state index in [1.807, 2.05) is 0 Å². The molecule has 34 heteroatoms. The fourth-order valence-corrected chi connectivity index (χ4v) is 13.6. The van der Waals surface area contributed by atoms with E-state index in [-0.39, 0.29) is 109 Å². The number of ether oxygens (including phenoxy) is 4. The van der Waals surface area contributed by atoms with E-state index in [1.54, 1.807) is 0 Å². The highest BCUT2D eigenvalue weighted by molar-refractivity contribution is 8.76. The van der Waals surface area contributed by atoms with E-state index in [0.717, 1.165) is 33.3 Å². The monoisotopic (exact) mass is 1330 g/mol. The Morgan fingerprint density at radius 2 is 1.55 bits per heavy atom. The largest absolute Gasteiger partial charge is 0.507 e. The maximum Gasteiger partial charge on any atom is 0.306 e. The van der Waals surface area contributed by atoms with Crippen molar-refractivity contribution < 1.29 is 106 Å². The smallest absolute Gasteiger partial charge is 0.306 e. The molecule has 0 bridgehead atoms. The normalized spacial score (nSPS) is 21.2. The van der Waals surface area contributed by atoms with Crippen molar-refractivity contribution in [1.82, 2.24) is 26.7 Å². The van der Waals surface area contributed by atoms with Crippen molar-refractivity contribution in [3.63, 3.8) is 0 Å². The number of nitrogens with zero attached hydrogens (tertiary/aromatic N) is 1. The number of aliphatic hydroxyl groups excluding tert-OH is 2. The second kappa shape index (κ2) is 34.4. The molecule has 4 amide bonds. The van der Waals surface area contributed by atoms with Gasteiger partial charge in [0, 0.05) is 77.8 Å². The predicted octanol–water partition coefficient (Wildman–Crippen LogP) is -0.754. The van der Waals surface area contributed by atoms with Gasteiger partial charge in [-0.3, -0.25) is 47.7 Å². The van der Waals surface area contributed by atoms with Gasteiger partial charge in [-0.2, -0.15) is 25.3 Å². The molecular formula is C55H78N8O22S4. The Morgan fingerprint density at radius 1 is 0.876 bits per heavy atom. The van der Waals surface area contributed by atoms with Crippen LogP contribution in [0.25, 0.3) is 0 Å². The molecule has 6 unspecified atom stereocenters. The number of esters is 1. The van der Waals surface area contributed by atoms with E-state index in [1.165, 1.54) is 46.2 Å². The van der Waals surface area contributed by atoms with Gasteiger partial charge in [-0.1, -0.05) is 33.7 Å². The number of carboxylic acid groups (broad SMARTS) is 1. The van der Waals surface area contributed by atoms with Crippen LogP contribution < -0.4 is 42.9 Å². The van der Waals surface area contributed by atoms with Gasteiger partial charge in [-0.15, -0.1) is 0 Å². The van der Waals surface area contributed by atoms with Crippen LogP contribution in [0.5, 0.6) is 17.2 Å². The zero-order valence-electron chi connectivity index (χ0n) is 49.4. The predicted molar refractivity (Wildman–Crippen MR) is 325 cm³/mol. The fourth-order valence-electron chi connectivity index (χ4n) is 9.94. The van der Waals surface area contributed by atoms with Gasteiger partial charge in [0.25, 0.3) is 10.1 Å². The molecule has 1 aliphatic heterocycles. The molecular weight excluding hydrogens is 1250 g/mol. The molecule has 1 saturated heterocycles. The van der Waals surface area contributed by atoms with Crippen molar-refractivity contribution in [3.05, 3.63) is 51.6 Å². The molecule has 494 valence electrons. The summed E-state index contributed by atoms with van der Waals surface area (Å²) >= 11 is 1.10. The van der Waals surface area contributed by atoms with Crippen LogP contribution in [0.15, 0.2) is 23.3 Å². The summed E-state index contributed by atoms with van der Waals surface area (Å²) in [6.07, 6.45) is -6.17. The number of aliphatic carboxylic acids is 1.